The van der Waals surface area contributed by atoms with Crippen LogP contribution in [0.25, 0.3) is 11.3 Å². The summed E-state index contributed by atoms with van der Waals surface area (Å²) < 4.78 is 11.1. The van der Waals surface area contributed by atoms with E-state index in [1.54, 1.807) is 7.11 Å². The third kappa shape index (κ3) is 4.28. The normalized spacial score (nSPS) is 10.5. The fraction of sp³-hybridized carbons (Fsp3) is 0.238. The first-order valence-electron chi connectivity index (χ1n) is 8.58. The Bertz CT molecular complexity index is 966. The summed E-state index contributed by atoms with van der Waals surface area (Å²) in [6.45, 7) is 5.93. The van der Waals surface area contributed by atoms with Crippen LogP contribution in [-0.2, 0) is 4.79 Å². The molecule has 0 aliphatic rings. The van der Waals surface area contributed by atoms with Gasteiger partial charge in [-0.3, -0.25) is 10.1 Å². The molecule has 0 unspecified atom stereocenters. The van der Waals surface area contributed by atoms with Gasteiger partial charge >= 0.3 is 0 Å². The number of carbonyl (C=O) groups is 1. The van der Waals surface area contributed by atoms with E-state index in [0.717, 1.165) is 39.4 Å². The fourth-order valence-corrected chi connectivity index (χ4v) is 3.48. The number of hydrogen-bond acceptors (Lipinski definition) is 5. The number of carbonyl (C=O) groups excluding carboxylic acids is 1. The zero-order valence-corrected chi connectivity index (χ0v) is 16.6. The molecule has 0 spiro atoms. The molecule has 5 nitrogen and oxygen atoms in total. The van der Waals surface area contributed by atoms with Crippen LogP contribution in [0.15, 0.2) is 41.8 Å². The first kappa shape index (κ1) is 18.9. The van der Waals surface area contributed by atoms with Gasteiger partial charge in [-0.1, -0.05) is 24.3 Å². The molecule has 0 saturated heterocycles. The topological polar surface area (TPSA) is 60.5 Å². The van der Waals surface area contributed by atoms with Crippen molar-refractivity contribution in [2.24, 2.45) is 0 Å². The lowest BCUT2D eigenvalue weighted by Crippen LogP contribution is -2.20. The summed E-state index contributed by atoms with van der Waals surface area (Å²) in [6.07, 6.45) is 0. The number of nitrogens with zero attached hydrogens (tertiary/aromatic N) is 1. The number of ether oxygens (including phenoxy) is 2. The van der Waals surface area contributed by atoms with Crippen LogP contribution in [0.5, 0.6) is 11.5 Å². The minimum atomic E-state index is -0.240. The molecule has 6 heteroatoms. The monoisotopic (exact) mass is 382 g/mol. The maximum Gasteiger partial charge on any atom is 0.264 e. The summed E-state index contributed by atoms with van der Waals surface area (Å²) in [5.74, 6) is 1.27. The summed E-state index contributed by atoms with van der Waals surface area (Å²) in [4.78, 5) is 16.8. The van der Waals surface area contributed by atoms with E-state index in [1.807, 2.05) is 62.5 Å². The average molecular weight is 382 g/mol. The van der Waals surface area contributed by atoms with Gasteiger partial charge in [0.2, 0.25) is 0 Å². The fourth-order valence-electron chi connectivity index (χ4n) is 2.75. The van der Waals surface area contributed by atoms with Crippen LogP contribution in [0.4, 0.5) is 5.13 Å². The molecule has 1 amide bonds. The Labute approximate surface area is 163 Å². The Morgan fingerprint density at radius 3 is 2.63 bits per heavy atom. The molecule has 3 rings (SSSR count). The molecule has 0 aliphatic carbocycles. The number of aromatic nitrogens is 1. The molecule has 1 heterocycles. The number of aryl methyl sites for hydroxylation is 2. The SMILES string of the molecule is COc1ccccc1-c1csc(NC(=O)COc2c(C)ccc(C)c2C)n1. The van der Waals surface area contributed by atoms with E-state index < -0.39 is 0 Å². The van der Waals surface area contributed by atoms with Gasteiger partial charge < -0.3 is 9.47 Å². The smallest absolute Gasteiger partial charge is 0.264 e. The number of para-hydroxylation sites is 1. The van der Waals surface area contributed by atoms with Crippen molar-refractivity contribution < 1.29 is 14.3 Å². The van der Waals surface area contributed by atoms with Gasteiger partial charge in [0.15, 0.2) is 11.7 Å². The molecule has 0 bridgehead atoms. The molecule has 27 heavy (non-hydrogen) atoms. The number of anilines is 1. The van der Waals surface area contributed by atoms with E-state index in [0.29, 0.717) is 5.13 Å². The lowest BCUT2D eigenvalue weighted by molar-refractivity contribution is -0.118. The summed E-state index contributed by atoms with van der Waals surface area (Å²) in [7, 11) is 1.63. The Kier molecular flexibility index (Phi) is 5.76. The molecular weight excluding hydrogens is 360 g/mol. The summed E-state index contributed by atoms with van der Waals surface area (Å²) >= 11 is 1.37. The molecule has 3 aromatic rings. The lowest BCUT2D eigenvalue weighted by atomic mass is 10.1. The standard InChI is InChI=1S/C21H22N2O3S/c1-13-9-10-14(2)20(15(13)3)26-11-19(24)23-21-22-17(12-27-21)16-7-5-6-8-18(16)25-4/h5-10,12H,11H2,1-4H3,(H,22,23,24). The van der Waals surface area contributed by atoms with Crippen molar-refractivity contribution in [3.05, 3.63) is 58.5 Å². The zero-order valence-electron chi connectivity index (χ0n) is 15.8. The van der Waals surface area contributed by atoms with Crippen molar-refractivity contribution in [3.63, 3.8) is 0 Å². The molecule has 0 atom stereocenters. The highest BCUT2D eigenvalue weighted by molar-refractivity contribution is 7.14. The molecule has 140 valence electrons. The van der Waals surface area contributed by atoms with Crippen molar-refractivity contribution in [1.29, 1.82) is 0 Å². The number of methoxy groups -OCH3 is 1. The lowest BCUT2D eigenvalue weighted by Gasteiger charge is -2.13. The van der Waals surface area contributed by atoms with Crippen molar-refractivity contribution in [3.8, 4) is 22.8 Å². The minimum absolute atomic E-state index is 0.0608. The Hall–Kier alpha value is -2.86. The number of amides is 1. The van der Waals surface area contributed by atoms with Crippen LogP contribution in [0, 0.1) is 20.8 Å². The van der Waals surface area contributed by atoms with Crippen molar-refractivity contribution in [2.75, 3.05) is 19.0 Å². The number of hydrogen-bond donors (Lipinski definition) is 1. The van der Waals surface area contributed by atoms with Crippen molar-refractivity contribution >= 4 is 22.4 Å². The van der Waals surface area contributed by atoms with E-state index in [-0.39, 0.29) is 12.5 Å². The predicted octanol–water partition coefficient (Wildman–Crippen LogP) is 4.76. The van der Waals surface area contributed by atoms with Crippen molar-refractivity contribution in [2.45, 2.75) is 20.8 Å². The maximum absolute atomic E-state index is 12.3. The second-order valence-corrected chi connectivity index (χ2v) is 7.09. The summed E-state index contributed by atoms with van der Waals surface area (Å²) in [6, 6.07) is 11.7. The van der Waals surface area contributed by atoms with E-state index in [9.17, 15) is 4.79 Å². The Morgan fingerprint density at radius 2 is 1.85 bits per heavy atom. The average Bonchev–Trinajstić information content (AvgIpc) is 3.13. The van der Waals surface area contributed by atoms with Gasteiger partial charge in [0.05, 0.1) is 12.8 Å². The number of thiazole rings is 1. The van der Waals surface area contributed by atoms with Crippen LogP contribution >= 0.6 is 11.3 Å². The van der Waals surface area contributed by atoms with Gasteiger partial charge in [0.25, 0.3) is 5.91 Å². The minimum Gasteiger partial charge on any atom is -0.496 e. The summed E-state index contributed by atoms with van der Waals surface area (Å²) in [5, 5.41) is 5.22. The molecule has 2 aromatic carbocycles. The third-order valence-electron chi connectivity index (χ3n) is 4.35. The van der Waals surface area contributed by atoms with Crippen LogP contribution in [-0.4, -0.2) is 24.6 Å². The van der Waals surface area contributed by atoms with E-state index in [4.69, 9.17) is 9.47 Å². The number of nitrogens with one attached hydrogen (secondary N) is 1. The molecule has 0 saturated carbocycles. The highest BCUT2D eigenvalue weighted by Crippen LogP contribution is 2.32. The van der Waals surface area contributed by atoms with E-state index in [2.05, 4.69) is 10.3 Å². The molecule has 1 aromatic heterocycles. The van der Waals surface area contributed by atoms with Gasteiger partial charge in [-0.15, -0.1) is 11.3 Å². The second kappa shape index (κ2) is 8.22. The van der Waals surface area contributed by atoms with Gasteiger partial charge in [0.1, 0.15) is 11.5 Å². The van der Waals surface area contributed by atoms with E-state index in [1.165, 1.54) is 11.3 Å². The van der Waals surface area contributed by atoms with Gasteiger partial charge in [-0.25, -0.2) is 4.98 Å². The Morgan fingerprint density at radius 1 is 1.11 bits per heavy atom. The van der Waals surface area contributed by atoms with E-state index >= 15 is 0 Å². The van der Waals surface area contributed by atoms with Gasteiger partial charge in [0, 0.05) is 10.9 Å². The third-order valence-corrected chi connectivity index (χ3v) is 5.11. The number of rotatable bonds is 6. The van der Waals surface area contributed by atoms with Crippen LogP contribution in [0.2, 0.25) is 0 Å². The largest absolute Gasteiger partial charge is 0.496 e. The maximum atomic E-state index is 12.3. The second-order valence-electron chi connectivity index (χ2n) is 6.23. The summed E-state index contributed by atoms with van der Waals surface area (Å²) in [5.41, 5.74) is 4.85. The number of benzene rings is 2. The molecular formula is C21H22N2O3S. The van der Waals surface area contributed by atoms with Crippen LogP contribution in [0.1, 0.15) is 16.7 Å². The molecule has 0 fully saturated rings. The predicted molar refractivity (Wildman–Crippen MR) is 109 cm³/mol. The molecule has 1 N–H and O–H groups in total. The van der Waals surface area contributed by atoms with Crippen LogP contribution < -0.4 is 14.8 Å². The first-order valence-corrected chi connectivity index (χ1v) is 9.46. The van der Waals surface area contributed by atoms with Crippen LogP contribution in [0.3, 0.4) is 0 Å². The molecule has 0 radical (unpaired) electrons. The quantitative estimate of drug-likeness (QED) is 0.668. The Balaban J connectivity index is 1.66. The molecule has 0 aliphatic heterocycles. The highest BCUT2D eigenvalue weighted by atomic mass is 32.1. The highest BCUT2D eigenvalue weighted by Gasteiger charge is 2.13. The van der Waals surface area contributed by atoms with Gasteiger partial charge in [-0.05, 0) is 49.6 Å². The van der Waals surface area contributed by atoms with Gasteiger partial charge in [-0.2, -0.15) is 0 Å². The zero-order chi connectivity index (χ0) is 19.4. The van der Waals surface area contributed by atoms with Crippen molar-refractivity contribution in [1.82, 2.24) is 4.98 Å². The first-order chi connectivity index (χ1) is 13.0.